The number of nitrogens with one attached hydrogen (secondary N) is 2. The Morgan fingerprint density at radius 3 is 2.56 bits per heavy atom. The molecular formula is C17H16Br2N4OS. The smallest absolute Gasteiger partial charge is 0.251 e. The average Bonchev–Trinajstić information content (AvgIpc) is 2.58. The Morgan fingerprint density at radius 1 is 1.28 bits per heavy atom. The Balaban J connectivity index is 0.00000312. The van der Waals surface area contributed by atoms with Crippen molar-refractivity contribution in [1.29, 1.82) is 10.7 Å². The molecule has 5 nitrogen and oxygen atoms in total. The van der Waals surface area contributed by atoms with E-state index in [1.807, 2.05) is 24.3 Å². The zero-order chi connectivity index (χ0) is 17.5. The molecule has 0 saturated heterocycles. The van der Waals surface area contributed by atoms with Gasteiger partial charge in [0.2, 0.25) is 0 Å². The number of nitriles is 1. The summed E-state index contributed by atoms with van der Waals surface area (Å²) in [7, 11) is 0. The summed E-state index contributed by atoms with van der Waals surface area (Å²) in [4.78, 5) is 12.5. The van der Waals surface area contributed by atoms with Gasteiger partial charge in [0.25, 0.3) is 5.91 Å². The maximum absolute atomic E-state index is 12.5. The molecule has 0 aromatic heterocycles. The van der Waals surface area contributed by atoms with Crippen LogP contribution in [0.25, 0.3) is 0 Å². The standard InChI is InChI=1S/C17H15BrN4OS.BrH/c18-14-6-5-13(10-24-17(20)21)15(7-14)16(23)22-9-12-3-1-11(8-19)2-4-12;/h1-7H,9-10H2,(H3,20,21)(H,22,23);1H. The third-order valence-corrected chi connectivity index (χ3v) is 4.50. The number of carbonyl (C=O) groups is 1. The summed E-state index contributed by atoms with van der Waals surface area (Å²) in [5, 5.41) is 19.0. The largest absolute Gasteiger partial charge is 0.379 e. The molecule has 2 aromatic carbocycles. The van der Waals surface area contributed by atoms with Gasteiger partial charge in [-0.25, -0.2) is 0 Å². The second-order valence-electron chi connectivity index (χ2n) is 4.95. The van der Waals surface area contributed by atoms with Gasteiger partial charge in [0, 0.05) is 22.3 Å². The lowest BCUT2D eigenvalue weighted by molar-refractivity contribution is 0.0950. The number of hydrogen-bond acceptors (Lipinski definition) is 4. The third-order valence-electron chi connectivity index (χ3n) is 3.24. The third kappa shape index (κ3) is 6.53. The van der Waals surface area contributed by atoms with Crippen molar-refractivity contribution in [3.8, 4) is 6.07 Å². The molecule has 0 atom stereocenters. The molecule has 0 unspecified atom stereocenters. The first kappa shape index (κ1) is 21.2. The fraction of sp³-hybridized carbons (Fsp3) is 0.118. The van der Waals surface area contributed by atoms with Gasteiger partial charge < -0.3 is 11.1 Å². The lowest BCUT2D eigenvalue weighted by Crippen LogP contribution is -2.24. The van der Waals surface area contributed by atoms with E-state index in [4.69, 9.17) is 16.4 Å². The van der Waals surface area contributed by atoms with Crippen molar-refractivity contribution in [3.63, 3.8) is 0 Å². The van der Waals surface area contributed by atoms with Gasteiger partial charge in [-0.05, 0) is 35.4 Å². The van der Waals surface area contributed by atoms with E-state index in [0.29, 0.717) is 23.4 Å². The van der Waals surface area contributed by atoms with Crippen LogP contribution >= 0.6 is 44.7 Å². The number of nitrogens with two attached hydrogens (primary N) is 1. The molecule has 0 aliphatic rings. The summed E-state index contributed by atoms with van der Waals surface area (Å²) in [5.41, 5.74) is 8.23. The minimum atomic E-state index is -0.195. The summed E-state index contributed by atoms with van der Waals surface area (Å²) >= 11 is 4.55. The minimum Gasteiger partial charge on any atom is -0.379 e. The van der Waals surface area contributed by atoms with E-state index in [1.165, 1.54) is 11.8 Å². The molecule has 1 amide bonds. The quantitative estimate of drug-likeness (QED) is 0.442. The number of halogens is 2. The van der Waals surface area contributed by atoms with Gasteiger partial charge in [-0.3, -0.25) is 10.2 Å². The summed E-state index contributed by atoms with van der Waals surface area (Å²) in [5.74, 6) is 0.266. The molecule has 0 saturated carbocycles. The number of amides is 1. The lowest BCUT2D eigenvalue weighted by atomic mass is 10.1. The molecule has 0 spiro atoms. The number of benzene rings is 2. The Labute approximate surface area is 169 Å². The number of rotatable bonds is 5. The summed E-state index contributed by atoms with van der Waals surface area (Å²) in [6.07, 6.45) is 0. The molecule has 2 rings (SSSR count). The van der Waals surface area contributed by atoms with Crippen LogP contribution in [-0.4, -0.2) is 11.1 Å². The van der Waals surface area contributed by atoms with Gasteiger partial charge in [-0.1, -0.05) is 45.9 Å². The van der Waals surface area contributed by atoms with E-state index in [-0.39, 0.29) is 28.1 Å². The topological polar surface area (TPSA) is 103 Å². The number of carbonyl (C=O) groups excluding carboxylic acids is 1. The Morgan fingerprint density at radius 2 is 1.96 bits per heavy atom. The first-order chi connectivity index (χ1) is 11.5. The molecule has 25 heavy (non-hydrogen) atoms. The highest BCUT2D eigenvalue weighted by Crippen LogP contribution is 2.21. The van der Waals surface area contributed by atoms with Crippen molar-refractivity contribution in [1.82, 2.24) is 5.32 Å². The van der Waals surface area contributed by atoms with Crippen LogP contribution < -0.4 is 11.1 Å². The first-order valence-corrected chi connectivity index (χ1v) is 8.80. The normalized spacial score (nSPS) is 9.60. The summed E-state index contributed by atoms with van der Waals surface area (Å²) in [6.45, 7) is 0.371. The Bertz CT molecular complexity index is 803. The van der Waals surface area contributed by atoms with Crippen LogP contribution in [0.4, 0.5) is 0 Å². The molecule has 130 valence electrons. The van der Waals surface area contributed by atoms with Gasteiger partial charge in [-0.15, -0.1) is 17.0 Å². The second kappa shape index (κ2) is 10.2. The maximum Gasteiger partial charge on any atom is 0.251 e. The number of amidine groups is 1. The maximum atomic E-state index is 12.5. The highest BCUT2D eigenvalue weighted by Gasteiger charge is 2.12. The fourth-order valence-corrected chi connectivity index (χ4v) is 2.94. The van der Waals surface area contributed by atoms with E-state index in [1.54, 1.807) is 18.2 Å². The second-order valence-corrected chi connectivity index (χ2v) is 6.88. The van der Waals surface area contributed by atoms with E-state index in [0.717, 1.165) is 15.6 Å². The molecule has 0 bridgehead atoms. The fourth-order valence-electron chi connectivity index (χ4n) is 2.02. The SMILES string of the molecule is Br.N#Cc1ccc(CNC(=O)c2cc(Br)ccc2CSC(=N)N)cc1. The molecule has 0 heterocycles. The van der Waals surface area contributed by atoms with Gasteiger partial charge >= 0.3 is 0 Å². The Hall–Kier alpha value is -1.82. The van der Waals surface area contributed by atoms with Gasteiger partial charge in [0.15, 0.2) is 5.17 Å². The molecule has 0 aliphatic heterocycles. The molecule has 4 N–H and O–H groups in total. The van der Waals surface area contributed by atoms with E-state index in [2.05, 4.69) is 27.3 Å². The van der Waals surface area contributed by atoms with Crippen LogP contribution in [0.1, 0.15) is 27.0 Å². The summed E-state index contributed by atoms with van der Waals surface area (Å²) in [6, 6.07) is 14.6. The van der Waals surface area contributed by atoms with Gasteiger partial charge in [-0.2, -0.15) is 5.26 Å². The van der Waals surface area contributed by atoms with Crippen LogP contribution in [-0.2, 0) is 12.3 Å². The number of thioether (sulfide) groups is 1. The van der Waals surface area contributed by atoms with Crippen LogP contribution in [0.3, 0.4) is 0 Å². The average molecular weight is 484 g/mol. The van der Waals surface area contributed by atoms with Crippen LogP contribution in [0.2, 0.25) is 0 Å². The number of nitrogens with zero attached hydrogens (tertiary/aromatic N) is 1. The molecular weight excluding hydrogens is 468 g/mol. The van der Waals surface area contributed by atoms with Crippen molar-refractivity contribution in [2.24, 2.45) is 5.73 Å². The zero-order valence-electron chi connectivity index (χ0n) is 13.1. The number of hydrogen-bond donors (Lipinski definition) is 3. The highest BCUT2D eigenvalue weighted by molar-refractivity contribution is 9.10. The molecule has 8 heteroatoms. The molecule has 0 radical (unpaired) electrons. The predicted molar refractivity (Wildman–Crippen MR) is 110 cm³/mol. The van der Waals surface area contributed by atoms with E-state index >= 15 is 0 Å². The van der Waals surface area contributed by atoms with Crippen LogP contribution in [0.5, 0.6) is 0 Å². The zero-order valence-corrected chi connectivity index (χ0v) is 17.2. The van der Waals surface area contributed by atoms with Crippen LogP contribution in [0.15, 0.2) is 46.9 Å². The highest BCUT2D eigenvalue weighted by atomic mass is 79.9. The lowest BCUT2D eigenvalue weighted by Gasteiger charge is -2.11. The van der Waals surface area contributed by atoms with Crippen molar-refractivity contribution in [3.05, 3.63) is 69.2 Å². The van der Waals surface area contributed by atoms with Crippen molar-refractivity contribution in [2.45, 2.75) is 12.3 Å². The van der Waals surface area contributed by atoms with Gasteiger partial charge in [0.05, 0.1) is 11.6 Å². The minimum absolute atomic E-state index is 0. The molecule has 0 aliphatic carbocycles. The van der Waals surface area contributed by atoms with E-state index < -0.39 is 0 Å². The molecule has 2 aromatic rings. The predicted octanol–water partition coefficient (Wildman–Crippen LogP) is 3.96. The van der Waals surface area contributed by atoms with Gasteiger partial charge in [0.1, 0.15) is 0 Å². The van der Waals surface area contributed by atoms with E-state index in [9.17, 15) is 4.79 Å². The van der Waals surface area contributed by atoms with Crippen molar-refractivity contribution < 1.29 is 4.79 Å². The summed E-state index contributed by atoms with van der Waals surface area (Å²) < 4.78 is 0.808. The monoisotopic (exact) mass is 482 g/mol. The molecule has 0 fully saturated rings. The first-order valence-electron chi connectivity index (χ1n) is 7.02. The van der Waals surface area contributed by atoms with Crippen LogP contribution in [0, 0.1) is 16.7 Å². The Kier molecular flexibility index (Phi) is 8.69. The van der Waals surface area contributed by atoms with Crippen molar-refractivity contribution in [2.75, 3.05) is 0 Å². The van der Waals surface area contributed by atoms with Crippen molar-refractivity contribution >= 4 is 55.7 Å².